The number of nitrogens with zero attached hydrogens (tertiary/aromatic N) is 2. The van der Waals surface area contributed by atoms with Crippen molar-refractivity contribution in [2.45, 2.75) is 6.42 Å². The molecule has 1 aliphatic rings. The third-order valence-electron chi connectivity index (χ3n) is 3.98. The number of nitrogens with one attached hydrogen (secondary N) is 1. The number of hydrogen-bond donors (Lipinski definition) is 1. The quantitative estimate of drug-likeness (QED) is 0.670. The number of halogens is 1. The van der Waals surface area contributed by atoms with Crippen LogP contribution in [0.1, 0.15) is 6.42 Å². The van der Waals surface area contributed by atoms with Crippen molar-refractivity contribution in [3.63, 3.8) is 0 Å². The molecule has 8 heteroatoms. The summed E-state index contributed by atoms with van der Waals surface area (Å²) in [6.07, 6.45) is 0.0767. The number of carbonyl (C=O) groups is 2. The van der Waals surface area contributed by atoms with E-state index in [-0.39, 0.29) is 35.3 Å². The number of carbonyl (C=O) groups excluding carboxylic acids is 2. The Hall–Kier alpha value is -2.93. The third kappa shape index (κ3) is 3.61. The van der Waals surface area contributed by atoms with Crippen molar-refractivity contribution in [2.24, 2.45) is 5.92 Å². The van der Waals surface area contributed by atoms with Crippen LogP contribution in [-0.2, 0) is 9.59 Å². The summed E-state index contributed by atoms with van der Waals surface area (Å²) in [6.45, 7) is 0.251. The van der Waals surface area contributed by atoms with Gasteiger partial charge in [-0.05, 0) is 18.2 Å². The molecule has 0 radical (unpaired) electrons. The average Bonchev–Trinajstić information content (AvgIpc) is 2.99. The van der Waals surface area contributed by atoms with Crippen molar-refractivity contribution in [3.8, 4) is 0 Å². The van der Waals surface area contributed by atoms with Gasteiger partial charge in [0.15, 0.2) is 0 Å². The molecule has 0 saturated carbocycles. The molecule has 1 aliphatic heterocycles. The molecule has 0 unspecified atom stereocenters. The second-order valence-electron chi connectivity index (χ2n) is 5.65. The summed E-state index contributed by atoms with van der Waals surface area (Å²) >= 11 is 5.99. The van der Waals surface area contributed by atoms with Gasteiger partial charge in [-0.25, -0.2) is 0 Å². The highest BCUT2D eigenvalue weighted by atomic mass is 35.5. The maximum atomic E-state index is 12.5. The van der Waals surface area contributed by atoms with E-state index in [4.69, 9.17) is 11.6 Å². The molecule has 0 aliphatic carbocycles. The molecule has 2 amide bonds. The summed E-state index contributed by atoms with van der Waals surface area (Å²) in [4.78, 5) is 36.5. The fourth-order valence-electron chi connectivity index (χ4n) is 2.70. The molecule has 128 valence electrons. The van der Waals surface area contributed by atoms with E-state index in [2.05, 4.69) is 5.32 Å². The number of benzene rings is 2. The zero-order chi connectivity index (χ0) is 18.0. The molecule has 0 aromatic heterocycles. The Balaban J connectivity index is 1.74. The monoisotopic (exact) mass is 359 g/mol. The summed E-state index contributed by atoms with van der Waals surface area (Å²) in [5.41, 5.74) is 0.718. The lowest BCUT2D eigenvalue weighted by atomic mass is 10.1. The van der Waals surface area contributed by atoms with E-state index < -0.39 is 16.7 Å². The molecule has 1 saturated heterocycles. The van der Waals surface area contributed by atoms with E-state index in [0.717, 1.165) is 5.69 Å². The molecule has 2 aromatic rings. The van der Waals surface area contributed by atoms with Gasteiger partial charge in [0, 0.05) is 30.8 Å². The summed E-state index contributed by atoms with van der Waals surface area (Å²) < 4.78 is 0. The van der Waals surface area contributed by atoms with Crippen molar-refractivity contribution in [2.75, 3.05) is 16.8 Å². The van der Waals surface area contributed by atoms with Gasteiger partial charge < -0.3 is 10.2 Å². The highest BCUT2D eigenvalue weighted by molar-refractivity contribution is 6.33. The summed E-state index contributed by atoms with van der Waals surface area (Å²) in [5.74, 6) is -1.09. The number of anilines is 2. The minimum atomic E-state index is -0.567. The topological polar surface area (TPSA) is 92.5 Å². The highest BCUT2D eigenvalue weighted by Gasteiger charge is 2.35. The molecular formula is C17H14ClN3O4. The molecule has 1 atom stereocenters. The fraction of sp³-hybridized carbons (Fsp3) is 0.176. The van der Waals surface area contributed by atoms with Crippen LogP contribution in [0.15, 0.2) is 48.5 Å². The van der Waals surface area contributed by atoms with Gasteiger partial charge in [-0.3, -0.25) is 19.7 Å². The second-order valence-corrected chi connectivity index (χ2v) is 6.06. The van der Waals surface area contributed by atoms with Crippen molar-refractivity contribution in [1.29, 1.82) is 0 Å². The minimum Gasteiger partial charge on any atom is -0.324 e. The van der Waals surface area contributed by atoms with Gasteiger partial charge in [-0.2, -0.15) is 0 Å². The Kier molecular flexibility index (Phi) is 4.67. The lowest BCUT2D eigenvalue weighted by Gasteiger charge is -2.16. The first kappa shape index (κ1) is 16.9. The maximum absolute atomic E-state index is 12.5. The van der Waals surface area contributed by atoms with Gasteiger partial charge in [0.1, 0.15) is 0 Å². The van der Waals surface area contributed by atoms with Crippen LogP contribution < -0.4 is 10.2 Å². The third-order valence-corrected chi connectivity index (χ3v) is 4.31. The minimum absolute atomic E-state index is 0.0767. The van der Waals surface area contributed by atoms with Crippen LogP contribution in [-0.4, -0.2) is 23.3 Å². The standard InChI is InChI=1S/C17H14ClN3O4/c18-14-7-6-13(21(24)25)9-15(14)19-17(23)11-8-16(22)20(10-11)12-4-2-1-3-5-12/h1-7,9,11H,8,10H2,(H,19,23)/t11-/m0/s1. The summed E-state index contributed by atoms with van der Waals surface area (Å²) in [6, 6.07) is 12.9. The van der Waals surface area contributed by atoms with Crippen molar-refractivity contribution in [1.82, 2.24) is 0 Å². The molecular weight excluding hydrogens is 346 g/mol. The van der Waals surface area contributed by atoms with Gasteiger partial charge in [-0.1, -0.05) is 29.8 Å². The highest BCUT2D eigenvalue weighted by Crippen LogP contribution is 2.29. The molecule has 1 fully saturated rings. The zero-order valence-corrected chi connectivity index (χ0v) is 13.8. The average molecular weight is 360 g/mol. The van der Waals surface area contributed by atoms with Gasteiger partial charge in [0.2, 0.25) is 11.8 Å². The van der Waals surface area contributed by atoms with E-state index in [9.17, 15) is 19.7 Å². The SMILES string of the molecule is O=C(Nc1cc([N+](=O)[O-])ccc1Cl)[C@H]1CC(=O)N(c2ccccc2)C1. The van der Waals surface area contributed by atoms with Crippen molar-refractivity contribution >= 4 is 40.5 Å². The van der Waals surface area contributed by atoms with Crippen LogP contribution in [0.25, 0.3) is 0 Å². The predicted molar refractivity (Wildman–Crippen MR) is 93.6 cm³/mol. The van der Waals surface area contributed by atoms with E-state index in [1.54, 1.807) is 17.0 Å². The number of non-ortho nitro benzene ring substituents is 1. The van der Waals surface area contributed by atoms with Gasteiger partial charge in [0.25, 0.3) is 5.69 Å². The number of rotatable bonds is 4. The first-order chi connectivity index (χ1) is 12.0. The maximum Gasteiger partial charge on any atom is 0.271 e. The van der Waals surface area contributed by atoms with Crippen LogP contribution >= 0.6 is 11.6 Å². The second kappa shape index (κ2) is 6.90. The van der Waals surface area contributed by atoms with E-state index in [1.807, 2.05) is 18.2 Å². The Morgan fingerprint density at radius 3 is 2.64 bits per heavy atom. The Morgan fingerprint density at radius 1 is 1.24 bits per heavy atom. The Morgan fingerprint density at radius 2 is 1.96 bits per heavy atom. The molecule has 1 N–H and O–H groups in total. The molecule has 25 heavy (non-hydrogen) atoms. The largest absolute Gasteiger partial charge is 0.324 e. The first-order valence-electron chi connectivity index (χ1n) is 7.56. The molecule has 0 bridgehead atoms. The van der Waals surface area contributed by atoms with Crippen molar-refractivity contribution < 1.29 is 14.5 Å². The molecule has 1 heterocycles. The number of nitro benzene ring substituents is 1. The number of hydrogen-bond acceptors (Lipinski definition) is 4. The number of nitro groups is 1. The molecule has 7 nitrogen and oxygen atoms in total. The summed E-state index contributed by atoms with van der Waals surface area (Å²) in [5, 5.41) is 13.6. The lowest BCUT2D eigenvalue weighted by Crippen LogP contribution is -2.28. The predicted octanol–water partition coefficient (Wildman–Crippen LogP) is 3.24. The molecule has 2 aromatic carbocycles. The Bertz CT molecular complexity index is 841. The normalized spacial score (nSPS) is 16.8. The van der Waals surface area contributed by atoms with Crippen LogP contribution in [0.2, 0.25) is 5.02 Å². The van der Waals surface area contributed by atoms with Gasteiger partial charge >= 0.3 is 0 Å². The number of amides is 2. The summed E-state index contributed by atoms with van der Waals surface area (Å²) in [7, 11) is 0. The van der Waals surface area contributed by atoms with Gasteiger partial charge in [-0.15, -0.1) is 0 Å². The smallest absolute Gasteiger partial charge is 0.271 e. The lowest BCUT2D eigenvalue weighted by molar-refractivity contribution is -0.384. The molecule has 3 rings (SSSR count). The molecule has 0 spiro atoms. The Labute approximate surface area is 148 Å². The van der Waals surface area contributed by atoms with Crippen molar-refractivity contribution in [3.05, 3.63) is 63.7 Å². The van der Waals surface area contributed by atoms with Crippen LogP contribution in [0.5, 0.6) is 0 Å². The van der Waals surface area contributed by atoms with Crippen LogP contribution in [0.4, 0.5) is 17.1 Å². The van der Waals surface area contributed by atoms with E-state index in [1.165, 1.54) is 18.2 Å². The fourth-order valence-corrected chi connectivity index (χ4v) is 2.86. The van der Waals surface area contributed by atoms with Crippen LogP contribution in [0.3, 0.4) is 0 Å². The van der Waals surface area contributed by atoms with Gasteiger partial charge in [0.05, 0.1) is 21.6 Å². The van der Waals surface area contributed by atoms with E-state index in [0.29, 0.717) is 0 Å². The zero-order valence-electron chi connectivity index (χ0n) is 13.0. The van der Waals surface area contributed by atoms with E-state index >= 15 is 0 Å². The number of para-hydroxylation sites is 1. The first-order valence-corrected chi connectivity index (χ1v) is 7.93. The van der Waals surface area contributed by atoms with Crippen LogP contribution in [0, 0.1) is 16.0 Å².